The summed E-state index contributed by atoms with van der Waals surface area (Å²) < 4.78 is 24.1. The lowest BCUT2D eigenvalue weighted by Crippen LogP contribution is -2.04. The minimum Gasteiger partial charge on any atom is -0.488 e. The molecule has 0 radical (unpaired) electrons. The zero-order valence-electron chi connectivity index (χ0n) is 11.7. The van der Waals surface area contributed by atoms with Crippen LogP contribution in [0.4, 0.5) is 4.39 Å². The molecule has 1 aromatic heterocycles. The molecule has 0 saturated heterocycles. The smallest absolute Gasteiger partial charge is 0.219 e. The van der Waals surface area contributed by atoms with Gasteiger partial charge in [0.2, 0.25) is 5.88 Å². The van der Waals surface area contributed by atoms with Crippen LogP contribution >= 0.6 is 0 Å². The first-order valence-corrected chi connectivity index (χ1v) is 6.25. The van der Waals surface area contributed by atoms with Gasteiger partial charge >= 0.3 is 0 Å². The molecule has 21 heavy (non-hydrogen) atoms. The highest BCUT2D eigenvalue weighted by Gasteiger charge is 2.11. The molecule has 1 N–H and O–H groups in total. The topological polar surface area (TPSA) is 63.9 Å². The first-order valence-electron chi connectivity index (χ1n) is 6.25. The third-order valence-electron chi connectivity index (χ3n) is 2.91. The standard InChI is InChI=1S/C15H15FN2O3/c1-10(18-19)13-6-5-12(16)8-14(13)21-9-11-4-3-7-17-15(11)20-2/h3-8,19H,9H2,1-2H3/b18-10+. The van der Waals surface area contributed by atoms with E-state index in [0.717, 1.165) is 5.56 Å². The lowest BCUT2D eigenvalue weighted by Gasteiger charge is -2.12. The van der Waals surface area contributed by atoms with Crippen LogP contribution in [0.3, 0.4) is 0 Å². The molecule has 1 heterocycles. The molecule has 2 rings (SSSR count). The SMILES string of the molecule is COc1ncccc1COc1cc(F)ccc1/C(C)=N/O. The van der Waals surface area contributed by atoms with Gasteiger partial charge in [0.1, 0.15) is 18.2 Å². The van der Waals surface area contributed by atoms with E-state index in [1.54, 1.807) is 25.3 Å². The largest absolute Gasteiger partial charge is 0.488 e. The highest BCUT2D eigenvalue weighted by atomic mass is 19.1. The van der Waals surface area contributed by atoms with Crippen molar-refractivity contribution in [3.63, 3.8) is 0 Å². The van der Waals surface area contributed by atoms with Crippen LogP contribution in [-0.2, 0) is 6.61 Å². The van der Waals surface area contributed by atoms with Crippen molar-refractivity contribution in [3.8, 4) is 11.6 Å². The van der Waals surface area contributed by atoms with Crippen molar-refractivity contribution < 1.29 is 19.1 Å². The van der Waals surface area contributed by atoms with E-state index in [1.165, 1.54) is 25.3 Å². The van der Waals surface area contributed by atoms with Crippen molar-refractivity contribution in [2.45, 2.75) is 13.5 Å². The number of aromatic nitrogens is 1. The van der Waals surface area contributed by atoms with Gasteiger partial charge in [0, 0.05) is 17.8 Å². The summed E-state index contributed by atoms with van der Waals surface area (Å²) in [5.74, 6) is 0.303. The molecule has 0 saturated carbocycles. The Kier molecular flexibility index (Phi) is 4.71. The van der Waals surface area contributed by atoms with E-state index >= 15 is 0 Å². The maximum atomic E-state index is 13.4. The normalized spacial score (nSPS) is 11.3. The van der Waals surface area contributed by atoms with Gasteiger partial charge in [-0.15, -0.1) is 0 Å². The van der Waals surface area contributed by atoms with Gasteiger partial charge in [0.25, 0.3) is 0 Å². The Hall–Kier alpha value is -2.63. The summed E-state index contributed by atoms with van der Waals surface area (Å²) in [4.78, 5) is 4.06. The molecule has 0 spiro atoms. The number of hydrogen-bond acceptors (Lipinski definition) is 5. The van der Waals surface area contributed by atoms with Gasteiger partial charge in [-0.05, 0) is 31.2 Å². The van der Waals surface area contributed by atoms with Crippen molar-refractivity contribution in [1.29, 1.82) is 0 Å². The zero-order chi connectivity index (χ0) is 15.2. The molecule has 0 fully saturated rings. The summed E-state index contributed by atoms with van der Waals surface area (Å²) >= 11 is 0. The quantitative estimate of drug-likeness (QED) is 0.522. The predicted molar refractivity (Wildman–Crippen MR) is 75.5 cm³/mol. The summed E-state index contributed by atoms with van der Waals surface area (Å²) in [5, 5.41) is 12.0. The van der Waals surface area contributed by atoms with Crippen LogP contribution in [-0.4, -0.2) is 23.0 Å². The molecule has 0 atom stereocenters. The van der Waals surface area contributed by atoms with Crippen LogP contribution in [0.5, 0.6) is 11.6 Å². The van der Waals surface area contributed by atoms with Crippen molar-refractivity contribution in [2.75, 3.05) is 7.11 Å². The van der Waals surface area contributed by atoms with E-state index < -0.39 is 5.82 Å². The number of pyridine rings is 1. The highest BCUT2D eigenvalue weighted by molar-refractivity contribution is 6.00. The van der Waals surface area contributed by atoms with Gasteiger partial charge in [0.15, 0.2) is 0 Å². The maximum absolute atomic E-state index is 13.4. The van der Waals surface area contributed by atoms with Gasteiger partial charge in [0.05, 0.1) is 18.4 Å². The predicted octanol–water partition coefficient (Wildman–Crippen LogP) is 3.01. The van der Waals surface area contributed by atoms with Gasteiger partial charge in [-0.25, -0.2) is 9.37 Å². The highest BCUT2D eigenvalue weighted by Crippen LogP contribution is 2.23. The van der Waals surface area contributed by atoms with Crippen molar-refractivity contribution in [3.05, 3.63) is 53.5 Å². The molecule has 0 aliphatic heterocycles. The summed E-state index contributed by atoms with van der Waals surface area (Å²) in [6.45, 7) is 1.76. The fraction of sp³-hybridized carbons (Fsp3) is 0.200. The third-order valence-corrected chi connectivity index (χ3v) is 2.91. The number of hydrogen-bond donors (Lipinski definition) is 1. The Morgan fingerprint density at radius 2 is 2.19 bits per heavy atom. The molecule has 6 heteroatoms. The van der Waals surface area contributed by atoms with Crippen LogP contribution in [0.1, 0.15) is 18.1 Å². The molecular weight excluding hydrogens is 275 g/mol. The number of nitrogens with zero attached hydrogens (tertiary/aromatic N) is 2. The minimum atomic E-state index is -0.433. The molecule has 0 aliphatic rings. The summed E-state index contributed by atoms with van der Waals surface area (Å²) in [7, 11) is 1.52. The lowest BCUT2D eigenvalue weighted by atomic mass is 10.1. The van der Waals surface area contributed by atoms with Gasteiger partial charge in [-0.2, -0.15) is 0 Å². The average molecular weight is 290 g/mol. The summed E-state index contributed by atoms with van der Waals surface area (Å²) in [6, 6.07) is 7.58. The second kappa shape index (κ2) is 6.69. The van der Waals surface area contributed by atoms with Crippen molar-refractivity contribution >= 4 is 5.71 Å². The van der Waals surface area contributed by atoms with Crippen LogP contribution in [0.2, 0.25) is 0 Å². The Morgan fingerprint density at radius 1 is 1.38 bits per heavy atom. The maximum Gasteiger partial charge on any atom is 0.219 e. The zero-order valence-corrected chi connectivity index (χ0v) is 11.7. The van der Waals surface area contributed by atoms with Crippen LogP contribution in [0.25, 0.3) is 0 Å². The molecular formula is C15H15FN2O3. The number of rotatable bonds is 5. The van der Waals surface area contributed by atoms with Crippen LogP contribution in [0.15, 0.2) is 41.7 Å². The Labute approximate surface area is 121 Å². The monoisotopic (exact) mass is 290 g/mol. The van der Waals surface area contributed by atoms with Crippen LogP contribution in [0, 0.1) is 5.82 Å². The summed E-state index contributed by atoms with van der Waals surface area (Å²) in [5.41, 5.74) is 1.58. The molecule has 0 bridgehead atoms. The molecule has 1 aromatic carbocycles. The molecule has 5 nitrogen and oxygen atoms in total. The minimum absolute atomic E-state index is 0.159. The molecule has 0 amide bonds. The van der Waals surface area contributed by atoms with E-state index in [0.29, 0.717) is 17.2 Å². The van der Waals surface area contributed by atoms with E-state index in [1.807, 2.05) is 0 Å². The van der Waals surface area contributed by atoms with E-state index in [2.05, 4.69) is 10.1 Å². The van der Waals surface area contributed by atoms with Crippen LogP contribution < -0.4 is 9.47 Å². The Balaban J connectivity index is 2.25. The molecule has 0 unspecified atom stereocenters. The Morgan fingerprint density at radius 3 is 2.90 bits per heavy atom. The van der Waals surface area contributed by atoms with Gasteiger partial charge in [-0.1, -0.05) is 5.16 Å². The van der Waals surface area contributed by atoms with E-state index in [-0.39, 0.29) is 12.4 Å². The third kappa shape index (κ3) is 3.47. The van der Waals surface area contributed by atoms with Gasteiger partial charge < -0.3 is 14.7 Å². The number of methoxy groups -OCH3 is 1. The number of oxime groups is 1. The fourth-order valence-electron chi connectivity index (χ4n) is 1.84. The van der Waals surface area contributed by atoms with E-state index in [9.17, 15) is 4.39 Å². The second-order valence-corrected chi connectivity index (χ2v) is 4.29. The number of halogens is 1. The first kappa shape index (κ1) is 14.8. The summed E-state index contributed by atoms with van der Waals surface area (Å²) in [6.07, 6.45) is 1.61. The van der Waals surface area contributed by atoms with E-state index in [4.69, 9.17) is 14.7 Å². The average Bonchev–Trinajstić information content (AvgIpc) is 2.52. The second-order valence-electron chi connectivity index (χ2n) is 4.29. The lowest BCUT2D eigenvalue weighted by molar-refractivity contribution is 0.291. The van der Waals surface area contributed by atoms with Gasteiger partial charge in [-0.3, -0.25) is 0 Å². The molecule has 110 valence electrons. The van der Waals surface area contributed by atoms with Crippen molar-refractivity contribution in [2.24, 2.45) is 5.16 Å². The number of benzene rings is 1. The molecule has 2 aromatic rings. The Bertz CT molecular complexity index is 659. The van der Waals surface area contributed by atoms with Crippen molar-refractivity contribution in [1.82, 2.24) is 4.98 Å². The fourth-order valence-corrected chi connectivity index (χ4v) is 1.84. The molecule has 0 aliphatic carbocycles. The first-order chi connectivity index (χ1) is 10.2. The number of ether oxygens (including phenoxy) is 2.